The number of amides is 2. The van der Waals surface area contributed by atoms with Crippen molar-refractivity contribution in [2.24, 2.45) is 9.50 Å². The van der Waals surface area contributed by atoms with Crippen molar-refractivity contribution >= 4 is 21.6 Å². The van der Waals surface area contributed by atoms with Gasteiger partial charge in [-0.15, -0.1) is 4.36 Å². The first kappa shape index (κ1) is 24.0. The van der Waals surface area contributed by atoms with Crippen molar-refractivity contribution in [2.45, 2.75) is 51.0 Å². The molecular weight excluding hydrogens is 403 g/mol. The van der Waals surface area contributed by atoms with Crippen LogP contribution in [0.15, 0.2) is 45.7 Å². The second kappa shape index (κ2) is 9.68. The Bertz CT molecular complexity index is 995. The summed E-state index contributed by atoms with van der Waals surface area (Å²) in [6.45, 7) is 8.37. The Balaban J connectivity index is 2.38. The van der Waals surface area contributed by atoms with Gasteiger partial charge in [0.15, 0.2) is 0 Å². The van der Waals surface area contributed by atoms with E-state index in [1.807, 2.05) is 58.8 Å². The maximum atomic E-state index is 14.1. The van der Waals surface area contributed by atoms with E-state index in [9.17, 15) is 13.4 Å². The molecule has 0 heterocycles. The van der Waals surface area contributed by atoms with Gasteiger partial charge in [-0.3, -0.25) is 0 Å². The Morgan fingerprint density at radius 1 is 1.10 bits per heavy atom. The molecular formula is C22H31FN4O2S. The molecule has 2 rings (SSSR count). The van der Waals surface area contributed by atoms with Crippen molar-refractivity contribution in [1.82, 2.24) is 4.90 Å². The van der Waals surface area contributed by atoms with Crippen LogP contribution < -0.4 is 10.5 Å². The fourth-order valence-corrected chi connectivity index (χ4v) is 4.09. The third kappa shape index (κ3) is 6.10. The second-order valence-corrected chi connectivity index (χ2v) is 10.0. The molecule has 0 spiro atoms. The van der Waals surface area contributed by atoms with Crippen LogP contribution in [0, 0.1) is 5.82 Å². The van der Waals surface area contributed by atoms with Gasteiger partial charge in [-0.1, -0.05) is 39.8 Å². The van der Waals surface area contributed by atoms with E-state index in [4.69, 9.17) is 5.14 Å². The first-order chi connectivity index (χ1) is 13.9. The Hall–Kier alpha value is -2.29. The predicted octanol–water partition coefficient (Wildman–Crippen LogP) is 5.07. The fraction of sp³-hybridized carbons (Fsp3) is 0.409. The summed E-state index contributed by atoms with van der Waals surface area (Å²) in [4.78, 5) is 14.9. The molecule has 30 heavy (non-hydrogen) atoms. The zero-order chi connectivity index (χ0) is 22.6. The van der Waals surface area contributed by atoms with Crippen LogP contribution in [0.4, 0.5) is 14.9 Å². The predicted molar refractivity (Wildman–Crippen MR) is 120 cm³/mol. The van der Waals surface area contributed by atoms with Gasteiger partial charge in [-0.2, -0.15) is 0 Å². The number of halogens is 1. The zero-order valence-electron chi connectivity index (χ0n) is 18.4. The maximum Gasteiger partial charge on any atom is 0.354 e. The van der Waals surface area contributed by atoms with Crippen molar-refractivity contribution < 1.29 is 13.4 Å². The van der Waals surface area contributed by atoms with Gasteiger partial charge < -0.3 is 10.2 Å². The molecule has 6 nitrogen and oxygen atoms in total. The molecule has 2 aromatic rings. The lowest BCUT2D eigenvalue weighted by atomic mass is 9.92. The molecule has 2 aromatic carbocycles. The van der Waals surface area contributed by atoms with Gasteiger partial charge in [0.2, 0.25) is 0 Å². The lowest BCUT2D eigenvalue weighted by Crippen LogP contribution is -2.19. The van der Waals surface area contributed by atoms with Gasteiger partial charge in [0, 0.05) is 12.2 Å². The van der Waals surface area contributed by atoms with Gasteiger partial charge in [-0.05, 0) is 66.9 Å². The molecule has 0 bridgehead atoms. The Morgan fingerprint density at radius 2 is 1.60 bits per heavy atom. The molecule has 1 atom stereocenters. The summed E-state index contributed by atoms with van der Waals surface area (Å²) in [6, 6.07) is 8.83. The van der Waals surface area contributed by atoms with Crippen LogP contribution in [-0.2, 0) is 16.5 Å². The molecule has 0 unspecified atom stereocenters. The van der Waals surface area contributed by atoms with Crippen molar-refractivity contribution in [1.29, 1.82) is 0 Å². The average Bonchev–Trinajstić information content (AvgIpc) is 2.61. The van der Waals surface area contributed by atoms with E-state index in [1.54, 1.807) is 12.1 Å². The lowest BCUT2D eigenvalue weighted by Gasteiger charge is -2.20. The number of carbonyl (C=O) groups is 1. The third-order valence-electron chi connectivity index (χ3n) is 4.62. The standard InChI is InChI=1S/C22H31FN4O2S/c1-14(2)19-11-17(23)12-20(15(3)4)21(19)25-22(28)26-30(24,29)18-9-7-16(8-10-18)13-27(5)6/h7-12,14-15H,13H2,1-6H3,(H3,24,25,26,28,29)/t30-/m1/s1. The summed E-state index contributed by atoms with van der Waals surface area (Å²) in [7, 11) is 0.477. The fourth-order valence-electron chi connectivity index (χ4n) is 3.17. The number of rotatable bonds is 6. The quantitative estimate of drug-likeness (QED) is 0.665. The summed E-state index contributed by atoms with van der Waals surface area (Å²) in [6.07, 6.45) is 0. The summed E-state index contributed by atoms with van der Waals surface area (Å²) in [5.74, 6) is -0.419. The average molecular weight is 435 g/mol. The first-order valence-corrected chi connectivity index (χ1v) is 11.4. The molecule has 3 N–H and O–H groups in total. The van der Waals surface area contributed by atoms with Crippen LogP contribution in [0.25, 0.3) is 0 Å². The number of nitrogens with zero attached hydrogens (tertiary/aromatic N) is 2. The van der Waals surface area contributed by atoms with Crippen molar-refractivity contribution in [2.75, 3.05) is 19.4 Å². The largest absolute Gasteiger partial charge is 0.354 e. The molecule has 2 amide bonds. The molecule has 164 valence electrons. The highest BCUT2D eigenvalue weighted by Gasteiger charge is 2.19. The topological polar surface area (TPSA) is 87.8 Å². The second-order valence-electron chi connectivity index (χ2n) is 8.24. The molecule has 0 radical (unpaired) electrons. The lowest BCUT2D eigenvalue weighted by molar-refractivity contribution is 0.260. The van der Waals surface area contributed by atoms with E-state index in [-0.39, 0.29) is 22.5 Å². The Morgan fingerprint density at radius 3 is 2.03 bits per heavy atom. The molecule has 0 saturated heterocycles. The number of carbonyl (C=O) groups excluding carboxylic acids is 1. The minimum Gasteiger partial charge on any atom is -0.305 e. The first-order valence-electron chi connectivity index (χ1n) is 9.83. The van der Waals surface area contributed by atoms with Crippen LogP contribution in [0.5, 0.6) is 0 Å². The number of urea groups is 1. The number of hydrogen-bond acceptors (Lipinski definition) is 3. The van der Waals surface area contributed by atoms with Crippen LogP contribution in [0.1, 0.15) is 56.2 Å². The van der Waals surface area contributed by atoms with Gasteiger partial charge in [-0.25, -0.2) is 18.5 Å². The SMILES string of the molecule is CC(C)c1cc(F)cc(C(C)C)c1NC(=O)N=[S@@](N)(=O)c1ccc(CN(C)C)cc1. The third-order valence-corrected chi connectivity index (χ3v) is 6.00. The van der Waals surface area contributed by atoms with Gasteiger partial charge >= 0.3 is 6.03 Å². The van der Waals surface area contributed by atoms with E-state index < -0.39 is 15.9 Å². The van der Waals surface area contributed by atoms with Crippen molar-refractivity contribution in [3.63, 3.8) is 0 Å². The van der Waals surface area contributed by atoms with E-state index >= 15 is 0 Å². The van der Waals surface area contributed by atoms with E-state index in [1.165, 1.54) is 12.1 Å². The van der Waals surface area contributed by atoms with Gasteiger partial charge in [0.1, 0.15) is 15.7 Å². The summed E-state index contributed by atoms with van der Waals surface area (Å²) >= 11 is 0. The highest BCUT2D eigenvalue weighted by atomic mass is 32.2. The number of nitrogens with two attached hydrogens (primary N) is 1. The molecule has 0 aliphatic rings. The van der Waals surface area contributed by atoms with Crippen LogP contribution in [0.3, 0.4) is 0 Å². The van der Waals surface area contributed by atoms with Crippen LogP contribution >= 0.6 is 0 Å². The summed E-state index contributed by atoms with van der Waals surface area (Å²) in [5.41, 5.74) is 2.82. The highest BCUT2D eigenvalue weighted by molar-refractivity contribution is 7.91. The Kier molecular flexibility index (Phi) is 7.74. The van der Waals surface area contributed by atoms with Gasteiger partial charge in [0.05, 0.1) is 4.90 Å². The highest BCUT2D eigenvalue weighted by Crippen LogP contribution is 2.33. The number of hydrogen-bond donors (Lipinski definition) is 2. The number of benzene rings is 2. The smallest absolute Gasteiger partial charge is 0.305 e. The summed E-state index contributed by atoms with van der Waals surface area (Å²) < 4.78 is 30.7. The van der Waals surface area contributed by atoms with Crippen molar-refractivity contribution in [3.05, 3.63) is 58.9 Å². The molecule has 0 aromatic heterocycles. The molecule has 0 saturated carbocycles. The van der Waals surface area contributed by atoms with Crippen LogP contribution in [-0.4, -0.2) is 29.2 Å². The minimum atomic E-state index is -3.42. The normalized spacial score (nSPS) is 13.6. The molecule has 0 aliphatic carbocycles. The number of anilines is 1. The molecule has 8 heteroatoms. The monoisotopic (exact) mass is 434 g/mol. The Labute approximate surface area is 179 Å². The van der Waals surface area contributed by atoms with Gasteiger partial charge in [0.25, 0.3) is 0 Å². The minimum absolute atomic E-state index is 0.0278. The van der Waals surface area contributed by atoms with E-state index in [0.29, 0.717) is 16.8 Å². The van der Waals surface area contributed by atoms with E-state index in [2.05, 4.69) is 9.68 Å². The van der Waals surface area contributed by atoms with E-state index in [0.717, 1.165) is 12.1 Å². The maximum absolute atomic E-state index is 14.1. The van der Waals surface area contributed by atoms with Crippen LogP contribution in [0.2, 0.25) is 0 Å². The van der Waals surface area contributed by atoms with Crippen molar-refractivity contribution in [3.8, 4) is 0 Å². The number of nitrogens with one attached hydrogen (secondary N) is 1. The molecule has 0 fully saturated rings. The zero-order valence-corrected chi connectivity index (χ0v) is 19.2. The summed E-state index contributed by atoms with van der Waals surface area (Å²) in [5, 5.41) is 8.59. The molecule has 0 aliphatic heterocycles.